The second-order valence-corrected chi connectivity index (χ2v) is 6.82. The Morgan fingerprint density at radius 2 is 1.93 bits per heavy atom. The molecule has 8 heteroatoms. The van der Waals surface area contributed by atoms with Crippen molar-refractivity contribution in [1.29, 1.82) is 0 Å². The summed E-state index contributed by atoms with van der Waals surface area (Å²) in [5.41, 5.74) is 3.09. The Labute approximate surface area is 166 Å². The number of ether oxygens (including phenoxy) is 1. The number of nitrogens with zero attached hydrogens (tertiary/aromatic N) is 4. The maximum atomic E-state index is 14.4. The van der Waals surface area contributed by atoms with Crippen molar-refractivity contribution in [3.8, 4) is 11.4 Å². The van der Waals surface area contributed by atoms with Crippen LogP contribution in [0.2, 0.25) is 5.02 Å². The van der Waals surface area contributed by atoms with Gasteiger partial charge in [-0.15, -0.1) is 15.0 Å². The van der Waals surface area contributed by atoms with Crippen LogP contribution in [0.3, 0.4) is 0 Å². The number of hydrogen-bond donors (Lipinski definition) is 1. The van der Waals surface area contributed by atoms with Crippen LogP contribution < -0.4 is 10.1 Å². The first-order chi connectivity index (χ1) is 13.5. The smallest absolute Gasteiger partial charge is 0.167 e. The fourth-order valence-corrected chi connectivity index (χ4v) is 3.09. The first-order valence-corrected chi connectivity index (χ1v) is 9.16. The Balaban J connectivity index is 1.85. The van der Waals surface area contributed by atoms with Gasteiger partial charge in [-0.25, -0.2) is 4.39 Å². The van der Waals surface area contributed by atoms with Crippen molar-refractivity contribution in [2.75, 3.05) is 12.4 Å². The number of halogens is 2. The van der Waals surface area contributed by atoms with E-state index in [1.807, 2.05) is 39.4 Å². The number of hydrogen-bond acceptors (Lipinski definition) is 5. The zero-order valence-corrected chi connectivity index (χ0v) is 16.3. The molecule has 1 atom stereocenters. The first-order valence-electron chi connectivity index (χ1n) is 8.78. The molecule has 1 N–H and O–H groups in total. The number of rotatable bonds is 5. The van der Waals surface area contributed by atoms with E-state index in [0.29, 0.717) is 27.3 Å². The second kappa shape index (κ2) is 7.24. The largest absolute Gasteiger partial charge is 0.487 e. The molecular formula is C20H18ClFN5O. The van der Waals surface area contributed by atoms with E-state index in [1.54, 1.807) is 18.3 Å². The lowest BCUT2D eigenvalue weighted by molar-refractivity contribution is 0.243. The van der Waals surface area contributed by atoms with Crippen LogP contribution in [-0.4, -0.2) is 33.1 Å². The highest BCUT2D eigenvalue weighted by molar-refractivity contribution is 6.31. The first kappa shape index (κ1) is 18.4. The molecule has 4 aromatic rings. The molecule has 0 saturated heterocycles. The number of pyridine rings is 1. The topological polar surface area (TPSA) is 64.9 Å². The van der Waals surface area contributed by atoms with E-state index >= 15 is 0 Å². The lowest BCUT2D eigenvalue weighted by atomic mass is 10.2. The number of benzene rings is 2. The standard InChI is InChI=1S/C20H18ClFN5O/c1-4-11(2)28-19-9-17-16(8-15(19)22)25-27(26-17)18-7-13(21)5-12-6-14(23-3)10-24-20(12)18/h4-11,23H,1-3H3/t11-/m0/s1. The Morgan fingerprint density at radius 3 is 2.64 bits per heavy atom. The van der Waals surface area contributed by atoms with Crippen molar-refractivity contribution in [3.05, 3.63) is 53.8 Å². The molecule has 2 aromatic carbocycles. The van der Waals surface area contributed by atoms with E-state index in [9.17, 15) is 4.39 Å². The lowest BCUT2D eigenvalue weighted by Gasteiger charge is -2.12. The van der Waals surface area contributed by atoms with Gasteiger partial charge in [0.15, 0.2) is 11.6 Å². The van der Waals surface area contributed by atoms with E-state index in [0.717, 1.165) is 11.1 Å². The molecule has 0 unspecified atom stereocenters. The lowest BCUT2D eigenvalue weighted by Crippen LogP contribution is -2.11. The van der Waals surface area contributed by atoms with Crippen molar-refractivity contribution < 1.29 is 9.13 Å². The van der Waals surface area contributed by atoms with Gasteiger partial charge >= 0.3 is 0 Å². The fraction of sp³-hybridized carbons (Fsp3) is 0.200. The van der Waals surface area contributed by atoms with Crippen LogP contribution in [0.15, 0.2) is 36.5 Å². The van der Waals surface area contributed by atoms with Gasteiger partial charge in [0.25, 0.3) is 0 Å². The van der Waals surface area contributed by atoms with Gasteiger partial charge in [-0.1, -0.05) is 18.5 Å². The Kier molecular flexibility index (Phi) is 4.77. The molecule has 2 aromatic heterocycles. The normalized spacial score (nSPS) is 12.5. The van der Waals surface area contributed by atoms with Gasteiger partial charge < -0.3 is 10.1 Å². The Morgan fingerprint density at radius 1 is 1.18 bits per heavy atom. The van der Waals surface area contributed by atoms with Crippen molar-refractivity contribution in [2.24, 2.45) is 0 Å². The van der Waals surface area contributed by atoms with Crippen LogP contribution in [0, 0.1) is 12.2 Å². The van der Waals surface area contributed by atoms with Crippen LogP contribution in [0.5, 0.6) is 5.75 Å². The van der Waals surface area contributed by atoms with Gasteiger partial charge in [-0.2, -0.15) is 0 Å². The van der Waals surface area contributed by atoms with Gasteiger partial charge in [0.05, 0.1) is 23.5 Å². The fourth-order valence-electron chi connectivity index (χ4n) is 2.87. The second-order valence-electron chi connectivity index (χ2n) is 6.39. The maximum absolute atomic E-state index is 14.4. The van der Waals surface area contributed by atoms with Crippen LogP contribution in [0.1, 0.15) is 13.8 Å². The third-order valence-corrected chi connectivity index (χ3v) is 4.67. The third-order valence-electron chi connectivity index (χ3n) is 4.45. The molecule has 0 aliphatic heterocycles. The molecule has 0 fully saturated rings. The average Bonchev–Trinajstić information content (AvgIpc) is 3.09. The monoisotopic (exact) mass is 398 g/mol. The number of aromatic nitrogens is 4. The third kappa shape index (κ3) is 3.33. The molecule has 0 aliphatic carbocycles. The van der Waals surface area contributed by atoms with Crippen molar-refractivity contribution in [3.63, 3.8) is 0 Å². The zero-order valence-electron chi connectivity index (χ0n) is 15.6. The van der Waals surface area contributed by atoms with Crippen molar-refractivity contribution in [1.82, 2.24) is 20.0 Å². The van der Waals surface area contributed by atoms with E-state index in [-0.39, 0.29) is 11.9 Å². The molecule has 4 rings (SSSR count). The molecule has 0 spiro atoms. The van der Waals surface area contributed by atoms with Gasteiger partial charge in [0.2, 0.25) is 0 Å². The number of fused-ring (bicyclic) bond motifs is 2. The van der Waals surface area contributed by atoms with Crippen LogP contribution in [-0.2, 0) is 0 Å². The molecule has 143 valence electrons. The highest BCUT2D eigenvalue weighted by Crippen LogP contribution is 2.29. The number of anilines is 1. The Bertz CT molecular complexity index is 1180. The summed E-state index contributed by atoms with van der Waals surface area (Å²) in [5.74, 6) is -0.348. The minimum absolute atomic E-state index is 0.137. The van der Waals surface area contributed by atoms with Crippen molar-refractivity contribution in [2.45, 2.75) is 20.0 Å². The summed E-state index contributed by atoms with van der Waals surface area (Å²) in [5, 5.41) is 13.3. The van der Waals surface area contributed by atoms with Crippen LogP contribution >= 0.6 is 11.6 Å². The van der Waals surface area contributed by atoms with Gasteiger partial charge in [0, 0.05) is 29.6 Å². The molecule has 1 radical (unpaired) electrons. The minimum atomic E-state index is -0.485. The molecule has 0 saturated carbocycles. The minimum Gasteiger partial charge on any atom is -0.487 e. The molecule has 0 aliphatic rings. The van der Waals surface area contributed by atoms with Gasteiger partial charge in [-0.05, 0) is 31.5 Å². The zero-order chi connectivity index (χ0) is 19.8. The SMILES string of the molecule is C[CH][C@H](C)Oc1cc2nn(-c3cc(Cl)cc4cc(NC)cnc34)nc2cc1F. The predicted molar refractivity (Wildman–Crippen MR) is 109 cm³/mol. The quantitative estimate of drug-likeness (QED) is 0.523. The molecular weight excluding hydrogens is 381 g/mol. The molecule has 2 heterocycles. The van der Waals surface area contributed by atoms with Gasteiger partial charge in [0.1, 0.15) is 16.7 Å². The summed E-state index contributed by atoms with van der Waals surface area (Å²) in [6.07, 6.45) is 3.34. The number of nitrogens with one attached hydrogen (secondary N) is 1. The Hall–Kier alpha value is -2.93. The average molecular weight is 399 g/mol. The van der Waals surface area contributed by atoms with E-state index < -0.39 is 5.82 Å². The van der Waals surface area contributed by atoms with E-state index in [1.165, 1.54) is 10.9 Å². The molecule has 0 amide bonds. The highest BCUT2D eigenvalue weighted by atomic mass is 35.5. The van der Waals surface area contributed by atoms with Crippen LogP contribution in [0.4, 0.5) is 10.1 Å². The molecule has 28 heavy (non-hydrogen) atoms. The molecule has 6 nitrogen and oxygen atoms in total. The van der Waals surface area contributed by atoms with Gasteiger partial charge in [-0.3, -0.25) is 4.98 Å². The summed E-state index contributed by atoms with van der Waals surface area (Å²) in [7, 11) is 1.82. The van der Waals surface area contributed by atoms with Crippen molar-refractivity contribution >= 4 is 39.2 Å². The molecule has 0 bridgehead atoms. The van der Waals surface area contributed by atoms with Crippen LogP contribution in [0.25, 0.3) is 27.6 Å². The summed E-state index contributed by atoms with van der Waals surface area (Å²) >= 11 is 6.29. The highest BCUT2D eigenvalue weighted by Gasteiger charge is 2.15. The summed E-state index contributed by atoms with van der Waals surface area (Å²) in [6, 6.07) is 8.36. The summed E-state index contributed by atoms with van der Waals surface area (Å²) in [4.78, 5) is 5.92. The summed E-state index contributed by atoms with van der Waals surface area (Å²) in [6.45, 7) is 3.69. The van der Waals surface area contributed by atoms with E-state index in [4.69, 9.17) is 16.3 Å². The summed E-state index contributed by atoms with van der Waals surface area (Å²) < 4.78 is 20.0. The van der Waals surface area contributed by atoms with E-state index in [2.05, 4.69) is 20.5 Å². The predicted octanol–water partition coefficient (Wildman–Crippen LogP) is 4.79. The maximum Gasteiger partial charge on any atom is 0.167 e.